The fourth-order valence-electron chi connectivity index (χ4n) is 2.72. The molecular formula is C13H20N2O2. The zero-order valence-electron chi connectivity index (χ0n) is 10.2. The number of nitrogens with one attached hydrogen (secondary N) is 1. The van der Waals surface area contributed by atoms with Crippen LogP contribution in [0.2, 0.25) is 0 Å². The van der Waals surface area contributed by atoms with Crippen molar-refractivity contribution >= 4 is 5.91 Å². The van der Waals surface area contributed by atoms with Crippen molar-refractivity contribution in [2.75, 3.05) is 6.61 Å². The average molecular weight is 236 g/mol. The van der Waals surface area contributed by atoms with Gasteiger partial charge in [-0.15, -0.1) is 0 Å². The second-order valence-corrected chi connectivity index (χ2v) is 5.09. The zero-order chi connectivity index (χ0) is 12.1. The van der Waals surface area contributed by atoms with Crippen LogP contribution in [0, 0.1) is 17.2 Å². The number of carbonyl (C=O) groups excluding carboxylic acids is 1. The standard InChI is InChI=1S/C13H20N2O2/c14-8-7-10-3-5-11(6-4-10)15-13(16)12-2-1-9-17-12/h10-12H,1-7,9H2,(H,15,16). The number of amides is 1. The monoisotopic (exact) mass is 236 g/mol. The van der Waals surface area contributed by atoms with Crippen LogP contribution in [0.4, 0.5) is 0 Å². The Morgan fingerprint density at radius 3 is 2.65 bits per heavy atom. The van der Waals surface area contributed by atoms with Crippen LogP contribution in [0.25, 0.3) is 0 Å². The first kappa shape index (κ1) is 12.4. The summed E-state index contributed by atoms with van der Waals surface area (Å²) in [7, 11) is 0. The van der Waals surface area contributed by atoms with E-state index in [2.05, 4.69) is 11.4 Å². The molecule has 0 radical (unpaired) electrons. The van der Waals surface area contributed by atoms with Crippen molar-refractivity contribution in [3.05, 3.63) is 0 Å². The lowest BCUT2D eigenvalue weighted by Gasteiger charge is -2.28. The highest BCUT2D eigenvalue weighted by atomic mass is 16.5. The summed E-state index contributed by atoms with van der Waals surface area (Å²) in [5.74, 6) is 0.599. The van der Waals surface area contributed by atoms with Crippen molar-refractivity contribution in [1.29, 1.82) is 5.26 Å². The van der Waals surface area contributed by atoms with Crippen molar-refractivity contribution in [2.24, 2.45) is 5.92 Å². The van der Waals surface area contributed by atoms with Crippen LogP contribution < -0.4 is 5.32 Å². The SMILES string of the molecule is N#CCC1CCC(NC(=O)C2CCCO2)CC1. The molecule has 0 aromatic carbocycles. The lowest BCUT2D eigenvalue weighted by atomic mass is 9.84. The molecule has 1 heterocycles. The Morgan fingerprint density at radius 2 is 2.06 bits per heavy atom. The molecule has 2 fully saturated rings. The van der Waals surface area contributed by atoms with E-state index in [-0.39, 0.29) is 12.0 Å². The molecule has 1 unspecified atom stereocenters. The van der Waals surface area contributed by atoms with E-state index in [4.69, 9.17) is 10.00 Å². The summed E-state index contributed by atoms with van der Waals surface area (Å²) in [6.45, 7) is 0.715. The van der Waals surface area contributed by atoms with E-state index in [1.54, 1.807) is 0 Å². The molecule has 1 amide bonds. The minimum atomic E-state index is -0.216. The summed E-state index contributed by atoms with van der Waals surface area (Å²) in [5.41, 5.74) is 0. The Labute approximate surface area is 102 Å². The minimum absolute atomic E-state index is 0.0613. The first-order valence-corrected chi connectivity index (χ1v) is 6.58. The van der Waals surface area contributed by atoms with Gasteiger partial charge in [0.2, 0.25) is 5.91 Å². The van der Waals surface area contributed by atoms with Gasteiger partial charge in [-0.3, -0.25) is 4.79 Å². The van der Waals surface area contributed by atoms with Gasteiger partial charge in [-0.25, -0.2) is 0 Å². The van der Waals surface area contributed by atoms with Crippen molar-refractivity contribution < 1.29 is 9.53 Å². The number of hydrogen-bond donors (Lipinski definition) is 1. The van der Waals surface area contributed by atoms with Crippen LogP contribution in [-0.4, -0.2) is 24.7 Å². The molecule has 2 aliphatic rings. The Morgan fingerprint density at radius 1 is 1.29 bits per heavy atom. The second-order valence-electron chi connectivity index (χ2n) is 5.09. The van der Waals surface area contributed by atoms with E-state index in [1.807, 2.05) is 0 Å². The molecule has 1 aliphatic carbocycles. The highest BCUT2D eigenvalue weighted by molar-refractivity contribution is 5.81. The largest absolute Gasteiger partial charge is 0.368 e. The fraction of sp³-hybridized carbons (Fsp3) is 0.846. The lowest BCUT2D eigenvalue weighted by molar-refractivity contribution is -0.131. The maximum absolute atomic E-state index is 11.8. The van der Waals surface area contributed by atoms with Crippen LogP contribution in [0.3, 0.4) is 0 Å². The molecule has 1 aliphatic heterocycles. The van der Waals surface area contributed by atoms with Crippen LogP contribution in [0.5, 0.6) is 0 Å². The Balaban J connectivity index is 1.70. The molecule has 17 heavy (non-hydrogen) atoms. The maximum Gasteiger partial charge on any atom is 0.249 e. The van der Waals surface area contributed by atoms with Crippen molar-refractivity contribution in [2.45, 2.75) is 57.1 Å². The molecule has 0 aromatic heterocycles. The molecule has 0 aromatic rings. The third-order valence-corrected chi connectivity index (χ3v) is 3.80. The summed E-state index contributed by atoms with van der Waals surface area (Å²) in [5, 5.41) is 11.7. The van der Waals surface area contributed by atoms with Crippen LogP contribution in [0.1, 0.15) is 44.9 Å². The predicted octanol–water partition coefficient (Wildman–Crippen LogP) is 1.75. The van der Waals surface area contributed by atoms with Gasteiger partial charge in [-0.05, 0) is 44.4 Å². The van der Waals surface area contributed by atoms with Crippen molar-refractivity contribution in [3.63, 3.8) is 0 Å². The van der Waals surface area contributed by atoms with E-state index in [0.29, 0.717) is 25.0 Å². The molecule has 4 nitrogen and oxygen atoms in total. The Bertz CT molecular complexity index is 297. The van der Waals surface area contributed by atoms with Gasteiger partial charge < -0.3 is 10.1 Å². The molecule has 1 saturated heterocycles. The molecule has 4 heteroatoms. The van der Waals surface area contributed by atoms with Gasteiger partial charge in [0.05, 0.1) is 6.07 Å². The zero-order valence-corrected chi connectivity index (χ0v) is 10.2. The highest BCUT2D eigenvalue weighted by Crippen LogP contribution is 2.26. The fourth-order valence-corrected chi connectivity index (χ4v) is 2.72. The summed E-state index contributed by atoms with van der Waals surface area (Å²) in [6, 6.07) is 2.52. The first-order valence-electron chi connectivity index (χ1n) is 6.58. The summed E-state index contributed by atoms with van der Waals surface area (Å²) in [6.07, 6.45) is 6.42. The number of nitriles is 1. The van der Waals surface area contributed by atoms with Crippen LogP contribution in [0.15, 0.2) is 0 Å². The summed E-state index contributed by atoms with van der Waals surface area (Å²) < 4.78 is 5.36. The third kappa shape index (κ3) is 3.44. The smallest absolute Gasteiger partial charge is 0.249 e. The topological polar surface area (TPSA) is 62.1 Å². The van der Waals surface area contributed by atoms with Crippen molar-refractivity contribution in [1.82, 2.24) is 5.32 Å². The van der Waals surface area contributed by atoms with Crippen LogP contribution in [-0.2, 0) is 9.53 Å². The van der Waals surface area contributed by atoms with Crippen LogP contribution >= 0.6 is 0 Å². The van der Waals surface area contributed by atoms with Gasteiger partial charge in [0, 0.05) is 19.1 Å². The molecule has 1 N–H and O–H groups in total. The summed E-state index contributed by atoms with van der Waals surface area (Å²) >= 11 is 0. The lowest BCUT2D eigenvalue weighted by Crippen LogP contribution is -2.42. The third-order valence-electron chi connectivity index (χ3n) is 3.80. The highest BCUT2D eigenvalue weighted by Gasteiger charge is 2.27. The number of carbonyl (C=O) groups is 1. The Kier molecular flexibility index (Phi) is 4.38. The second kappa shape index (κ2) is 6.02. The quantitative estimate of drug-likeness (QED) is 0.812. The van der Waals surface area contributed by atoms with E-state index < -0.39 is 0 Å². The molecule has 0 spiro atoms. The molecule has 1 atom stereocenters. The van der Waals surface area contributed by atoms with Gasteiger partial charge in [0.1, 0.15) is 6.10 Å². The van der Waals surface area contributed by atoms with E-state index >= 15 is 0 Å². The molecular weight excluding hydrogens is 216 g/mol. The number of hydrogen-bond acceptors (Lipinski definition) is 3. The van der Waals surface area contributed by atoms with E-state index in [0.717, 1.165) is 38.5 Å². The average Bonchev–Trinajstić information content (AvgIpc) is 2.86. The molecule has 94 valence electrons. The normalized spacial score (nSPS) is 33.0. The van der Waals surface area contributed by atoms with Gasteiger partial charge in [0.15, 0.2) is 0 Å². The number of ether oxygens (including phenoxy) is 1. The van der Waals surface area contributed by atoms with Gasteiger partial charge in [-0.1, -0.05) is 0 Å². The number of rotatable bonds is 3. The molecule has 0 bridgehead atoms. The van der Waals surface area contributed by atoms with Gasteiger partial charge in [-0.2, -0.15) is 5.26 Å². The maximum atomic E-state index is 11.8. The number of nitrogens with zero attached hydrogens (tertiary/aromatic N) is 1. The predicted molar refractivity (Wildman–Crippen MR) is 63.1 cm³/mol. The minimum Gasteiger partial charge on any atom is -0.368 e. The molecule has 2 rings (SSSR count). The summed E-state index contributed by atoms with van der Waals surface area (Å²) in [4.78, 5) is 11.8. The first-order chi connectivity index (χ1) is 8.29. The Hall–Kier alpha value is -1.08. The van der Waals surface area contributed by atoms with Gasteiger partial charge >= 0.3 is 0 Å². The van der Waals surface area contributed by atoms with E-state index in [9.17, 15) is 4.79 Å². The van der Waals surface area contributed by atoms with E-state index in [1.165, 1.54) is 0 Å². The van der Waals surface area contributed by atoms with Crippen molar-refractivity contribution in [3.8, 4) is 6.07 Å². The van der Waals surface area contributed by atoms with Gasteiger partial charge in [0.25, 0.3) is 0 Å². The molecule has 1 saturated carbocycles.